The number of hydrogen-bond donors (Lipinski definition) is 0. The van der Waals surface area contributed by atoms with Crippen LogP contribution in [-0.2, 0) is 4.79 Å². The summed E-state index contributed by atoms with van der Waals surface area (Å²) in [7, 11) is 0. The van der Waals surface area contributed by atoms with Crippen LogP contribution < -0.4 is 4.74 Å². The topological polar surface area (TPSA) is 63.7 Å². The molecule has 0 bridgehead atoms. The van der Waals surface area contributed by atoms with Gasteiger partial charge in [-0.3, -0.25) is 14.4 Å². The van der Waals surface area contributed by atoms with Crippen molar-refractivity contribution in [3.8, 4) is 5.75 Å². The van der Waals surface area contributed by atoms with Gasteiger partial charge in [0.1, 0.15) is 5.75 Å². The molecule has 0 saturated carbocycles. The zero-order valence-corrected chi connectivity index (χ0v) is 16.1. The lowest BCUT2D eigenvalue weighted by Gasteiger charge is -2.31. The smallest absolute Gasteiger partial charge is 0.260 e. The molecule has 1 heterocycles. The van der Waals surface area contributed by atoms with Gasteiger partial charge in [0.15, 0.2) is 18.2 Å². The number of ether oxygens (including phenoxy) is 1. The Morgan fingerprint density at radius 1 is 0.929 bits per heavy atom. The molecule has 0 spiro atoms. The third-order valence-corrected chi connectivity index (χ3v) is 5.14. The number of nitrogens with zero attached hydrogens (tertiary/aromatic N) is 1. The monoisotopic (exact) mass is 379 g/mol. The van der Waals surface area contributed by atoms with Crippen LogP contribution in [0.25, 0.3) is 0 Å². The van der Waals surface area contributed by atoms with Gasteiger partial charge in [-0.25, -0.2) is 0 Å². The van der Waals surface area contributed by atoms with Gasteiger partial charge < -0.3 is 9.64 Å². The predicted molar refractivity (Wildman–Crippen MR) is 107 cm³/mol. The lowest BCUT2D eigenvalue weighted by molar-refractivity contribution is -0.134. The summed E-state index contributed by atoms with van der Waals surface area (Å²) in [4.78, 5) is 38.3. The van der Waals surface area contributed by atoms with E-state index in [2.05, 4.69) is 0 Å². The molecule has 5 nitrogen and oxygen atoms in total. The minimum Gasteiger partial charge on any atom is -0.484 e. The average Bonchev–Trinajstić information content (AvgIpc) is 2.77. The van der Waals surface area contributed by atoms with Crippen molar-refractivity contribution in [2.24, 2.45) is 5.92 Å². The first kappa shape index (κ1) is 19.8. The van der Waals surface area contributed by atoms with Crippen molar-refractivity contribution in [3.63, 3.8) is 0 Å². The molecule has 3 rings (SSSR count). The minimum absolute atomic E-state index is 0.0315. The fourth-order valence-electron chi connectivity index (χ4n) is 3.41. The summed E-state index contributed by atoms with van der Waals surface area (Å²) >= 11 is 0. The van der Waals surface area contributed by atoms with E-state index < -0.39 is 0 Å². The largest absolute Gasteiger partial charge is 0.484 e. The predicted octanol–water partition coefficient (Wildman–Crippen LogP) is 3.78. The normalized spacial score (nSPS) is 14.5. The molecule has 1 fully saturated rings. The molecule has 1 saturated heterocycles. The van der Waals surface area contributed by atoms with Crippen molar-refractivity contribution in [2.75, 3.05) is 19.7 Å². The second-order valence-corrected chi connectivity index (χ2v) is 6.98. The van der Waals surface area contributed by atoms with Gasteiger partial charge in [-0.05, 0) is 37.1 Å². The Kier molecular flexibility index (Phi) is 6.58. The lowest BCUT2D eigenvalue weighted by Crippen LogP contribution is -2.42. The van der Waals surface area contributed by atoms with Crippen molar-refractivity contribution >= 4 is 17.5 Å². The molecule has 0 N–H and O–H groups in total. The van der Waals surface area contributed by atoms with Crippen molar-refractivity contribution in [1.29, 1.82) is 0 Å². The maximum Gasteiger partial charge on any atom is 0.260 e. The molecule has 0 unspecified atom stereocenters. The Hall–Kier alpha value is -2.95. The lowest BCUT2D eigenvalue weighted by atomic mass is 9.89. The van der Waals surface area contributed by atoms with E-state index >= 15 is 0 Å². The third-order valence-electron chi connectivity index (χ3n) is 5.14. The zero-order valence-electron chi connectivity index (χ0n) is 16.1. The van der Waals surface area contributed by atoms with E-state index in [1.807, 2.05) is 37.3 Å². The molecule has 1 aliphatic rings. The molecule has 0 aromatic heterocycles. The first-order chi connectivity index (χ1) is 13.6. The quantitative estimate of drug-likeness (QED) is 0.687. The number of piperidine rings is 1. The summed E-state index contributed by atoms with van der Waals surface area (Å²) < 4.78 is 5.56. The van der Waals surface area contributed by atoms with Crippen molar-refractivity contribution in [1.82, 2.24) is 4.90 Å². The molecule has 0 atom stereocenters. The summed E-state index contributed by atoms with van der Waals surface area (Å²) in [6, 6.07) is 16.2. The van der Waals surface area contributed by atoms with Crippen LogP contribution in [0.3, 0.4) is 0 Å². The van der Waals surface area contributed by atoms with Crippen molar-refractivity contribution in [2.45, 2.75) is 26.2 Å². The molecular formula is C23H25NO4. The van der Waals surface area contributed by atoms with E-state index in [4.69, 9.17) is 4.74 Å². The molecule has 146 valence electrons. The second-order valence-electron chi connectivity index (χ2n) is 6.98. The summed E-state index contributed by atoms with van der Waals surface area (Å²) in [5.74, 6) is 0.687. The first-order valence-electron chi connectivity index (χ1n) is 9.71. The fourth-order valence-corrected chi connectivity index (χ4v) is 3.41. The van der Waals surface area contributed by atoms with Gasteiger partial charge in [-0.1, -0.05) is 37.3 Å². The van der Waals surface area contributed by atoms with Crippen LogP contribution in [0.15, 0.2) is 54.6 Å². The summed E-state index contributed by atoms with van der Waals surface area (Å²) in [6.45, 7) is 2.91. The van der Waals surface area contributed by atoms with Gasteiger partial charge in [-0.15, -0.1) is 0 Å². The highest BCUT2D eigenvalue weighted by molar-refractivity contribution is 5.98. The fraction of sp³-hybridized carbons (Fsp3) is 0.348. The molecule has 28 heavy (non-hydrogen) atoms. The molecule has 0 radical (unpaired) electrons. The summed E-state index contributed by atoms with van der Waals surface area (Å²) in [5, 5.41) is 0. The number of hydrogen-bond acceptors (Lipinski definition) is 4. The zero-order chi connectivity index (χ0) is 19.9. The Morgan fingerprint density at radius 3 is 2.18 bits per heavy atom. The number of likely N-dealkylation sites (tertiary alicyclic amines) is 1. The van der Waals surface area contributed by atoms with Gasteiger partial charge in [0, 0.05) is 36.6 Å². The SMILES string of the molecule is CCC(=O)c1ccc(OCC(=O)N2CCC(C(=O)c3ccccc3)CC2)cc1. The highest BCUT2D eigenvalue weighted by atomic mass is 16.5. The summed E-state index contributed by atoms with van der Waals surface area (Å²) in [6.07, 6.45) is 1.81. The average molecular weight is 379 g/mol. The Balaban J connectivity index is 1.46. The highest BCUT2D eigenvalue weighted by Gasteiger charge is 2.28. The number of carbonyl (C=O) groups excluding carboxylic acids is 3. The van der Waals surface area contributed by atoms with E-state index in [0.717, 1.165) is 5.56 Å². The Labute approximate surface area is 165 Å². The van der Waals surface area contributed by atoms with Crippen LogP contribution >= 0.6 is 0 Å². The number of benzene rings is 2. The molecule has 1 aliphatic heterocycles. The van der Waals surface area contributed by atoms with E-state index in [-0.39, 0.29) is 30.0 Å². The number of rotatable bonds is 7. The van der Waals surface area contributed by atoms with Gasteiger partial charge in [0.25, 0.3) is 5.91 Å². The van der Waals surface area contributed by atoms with Crippen LogP contribution in [0, 0.1) is 5.92 Å². The summed E-state index contributed by atoms with van der Waals surface area (Å²) in [5.41, 5.74) is 1.38. The maximum absolute atomic E-state index is 12.5. The van der Waals surface area contributed by atoms with Crippen molar-refractivity contribution < 1.29 is 19.1 Å². The maximum atomic E-state index is 12.5. The molecule has 2 aromatic rings. The van der Waals surface area contributed by atoms with Crippen LogP contribution in [0.2, 0.25) is 0 Å². The van der Waals surface area contributed by atoms with Crippen LogP contribution in [0.4, 0.5) is 0 Å². The molecular weight excluding hydrogens is 354 g/mol. The van der Waals surface area contributed by atoms with E-state index in [9.17, 15) is 14.4 Å². The Morgan fingerprint density at radius 2 is 1.57 bits per heavy atom. The molecule has 2 aromatic carbocycles. The van der Waals surface area contributed by atoms with Crippen molar-refractivity contribution in [3.05, 3.63) is 65.7 Å². The molecule has 5 heteroatoms. The van der Waals surface area contributed by atoms with Gasteiger partial charge in [-0.2, -0.15) is 0 Å². The van der Waals surface area contributed by atoms with E-state index in [0.29, 0.717) is 43.7 Å². The van der Waals surface area contributed by atoms with Crippen LogP contribution in [0.5, 0.6) is 5.75 Å². The Bertz CT molecular complexity index is 821. The van der Waals surface area contributed by atoms with E-state index in [1.54, 1.807) is 29.2 Å². The van der Waals surface area contributed by atoms with Gasteiger partial charge >= 0.3 is 0 Å². The highest BCUT2D eigenvalue weighted by Crippen LogP contribution is 2.22. The number of ketones is 2. The van der Waals surface area contributed by atoms with Crippen LogP contribution in [-0.4, -0.2) is 42.1 Å². The number of amides is 1. The third kappa shape index (κ3) is 4.85. The number of carbonyl (C=O) groups is 3. The van der Waals surface area contributed by atoms with Gasteiger partial charge in [0.2, 0.25) is 0 Å². The van der Waals surface area contributed by atoms with Gasteiger partial charge in [0.05, 0.1) is 0 Å². The van der Waals surface area contributed by atoms with E-state index in [1.165, 1.54) is 0 Å². The van der Waals surface area contributed by atoms with Crippen LogP contribution in [0.1, 0.15) is 46.9 Å². The standard InChI is InChI=1S/C23H25NO4/c1-2-21(25)17-8-10-20(11-9-17)28-16-22(26)24-14-12-19(13-15-24)23(27)18-6-4-3-5-7-18/h3-11,19H,2,12-16H2,1H3. The first-order valence-corrected chi connectivity index (χ1v) is 9.71. The number of Topliss-reactive ketones (excluding diaryl/α,β-unsaturated/α-hetero) is 2. The molecule has 0 aliphatic carbocycles. The molecule has 1 amide bonds. The second kappa shape index (κ2) is 9.31. The minimum atomic E-state index is -0.0840.